The molecule has 54 valence electrons. The van der Waals surface area contributed by atoms with Gasteiger partial charge < -0.3 is 4.74 Å². The second-order valence-corrected chi connectivity index (χ2v) is 1.87. The SMILES string of the molecule is CCc1nccnc1OC. The monoisotopic (exact) mass is 138 g/mol. The van der Waals surface area contributed by atoms with E-state index in [1.54, 1.807) is 19.5 Å². The standard InChI is InChI=1S/C7H10N2O/c1-3-6-7(10-2)9-5-4-8-6/h4-5H,3H2,1-2H3. The van der Waals surface area contributed by atoms with E-state index in [1.807, 2.05) is 6.92 Å². The molecular formula is C7H10N2O. The second kappa shape index (κ2) is 3.15. The van der Waals surface area contributed by atoms with E-state index in [1.165, 1.54) is 0 Å². The maximum Gasteiger partial charge on any atom is 0.235 e. The molecule has 0 saturated heterocycles. The Morgan fingerprint density at radius 2 is 2.10 bits per heavy atom. The molecule has 3 nitrogen and oxygen atoms in total. The van der Waals surface area contributed by atoms with Crippen LogP contribution in [0.5, 0.6) is 5.88 Å². The molecule has 0 atom stereocenters. The average molecular weight is 138 g/mol. The molecule has 3 heteroatoms. The topological polar surface area (TPSA) is 35.0 Å². The van der Waals surface area contributed by atoms with Crippen molar-refractivity contribution in [2.45, 2.75) is 13.3 Å². The van der Waals surface area contributed by atoms with Crippen molar-refractivity contribution in [3.05, 3.63) is 18.1 Å². The van der Waals surface area contributed by atoms with Gasteiger partial charge in [0.2, 0.25) is 5.88 Å². The van der Waals surface area contributed by atoms with Crippen molar-refractivity contribution in [2.24, 2.45) is 0 Å². The van der Waals surface area contributed by atoms with Crippen LogP contribution in [0.2, 0.25) is 0 Å². The third kappa shape index (κ3) is 1.23. The molecule has 0 aliphatic rings. The van der Waals surface area contributed by atoms with Gasteiger partial charge in [0.25, 0.3) is 0 Å². The highest BCUT2D eigenvalue weighted by molar-refractivity contribution is 5.16. The Hall–Kier alpha value is -1.12. The quantitative estimate of drug-likeness (QED) is 0.612. The van der Waals surface area contributed by atoms with E-state index in [2.05, 4.69) is 9.97 Å². The van der Waals surface area contributed by atoms with Crippen molar-refractivity contribution >= 4 is 0 Å². The predicted molar refractivity (Wildman–Crippen MR) is 38.0 cm³/mol. The maximum atomic E-state index is 4.96. The lowest BCUT2D eigenvalue weighted by Crippen LogP contribution is -1.95. The van der Waals surface area contributed by atoms with E-state index >= 15 is 0 Å². The van der Waals surface area contributed by atoms with Gasteiger partial charge in [-0.1, -0.05) is 6.92 Å². The van der Waals surface area contributed by atoms with Crippen LogP contribution in [0.3, 0.4) is 0 Å². The molecule has 0 aromatic carbocycles. The van der Waals surface area contributed by atoms with Gasteiger partial charge in [-0.3, -0.25) is 4.98 Å². The lowest BCUT2D eigenvalue weighted by atomic mass is 10.3. The van der Waals surface area contributed by atoms with Crippen molar-refractivity contribution < 1.29 is 4.74 Å². The lowest BCUT2D eigenvalue weighted by Gasteiger charge is -2.01. The Balaban J connectivity index is 2.96. The van der Waals surface area contributed by atoms with Crippen LogP contribution in [-0.2, 0) is 6.42 Å². The zero-order chi connectivity index (χ0) is 7.40. The van der Waals surface area contributed by atoms with E-state index in [0.29, 0.717) is 5.88 Å². The normalized spacial score (nSPS) is 9.40. The molecule has 0 bridgehead atoms. The van der Waals surface area contributed by atoms with Gasteiger partial charge in [-0.15, -0.1) is 0 Å². The summed E-state index contributed by atoms with van der Waals surface area (Å²) in [6, 6.07) is 0. The van der Waals surface area contributed by atoms with Crippen molar-refractivity contribution in [1.82, 2.24) is 9.97 Å². The molecule has 0 unspecified atom stereocenters. The van der Waals surface area contributed by atoms with Gasteiger partial charge in [0.15, 0.2) is 0 Å². The van der Waals surface area contributed by atoms with Crippen molar-refractivity contribution in [3.63, 3.8) is 0 Å². The first-order chi connectivity index (χ1) is 4.88. The Bertz CT molecular complexity index is 190. The van der Waals surface area contributed by atoms with Crippen molar-refractivity contribution in [1.29, 1.82) is 0 Å². The minimum atomic E-state index is 0.630. The molecule has 0 spiro atoms. The molecule has 0 radical (unpaired) electrons. The van der Waals surface area contributed by atoms with Gasteiger partial charge in [0.1, 0.15) is 5.69 Å². The summed E-state index contributed by atoms with van der Waals surface area (Å²) in [6.45, 7) is 2.02. The lowest BCUT2D eigenvalue weighted by molar-refractivity contribution is 0.390. The molecule has 0 N–H and O–H groups in total. The van der Waals surface area contributed by atoms with Crippen LogP contribution in [0.1, 0.15) is 12.6 Å². The highest BCUT2D eigenvalue weighted by Crippen LogP contribution is 2.09. The molecule has 0 aliphatic carbocycles. The van der Waals surface area contributed by atoms with Gasteiger partial charge in [-0.2, -0.15) is 0 Å². The minimum Gasteiger partial charge on any atom is -0.480 e. The Morgan fingerprint density at radius 3 is 2.60 bits per heavy atom. The number of methoxy groups -OCH3 is 1. The van der Waals surface area contributed by atoms with Gasteiger partial charge >= 0.3 is 0 Å². The third-order valence-corrected chi connectivity index (χ3v) is 1.26. The largest absolute Gasteiger partial charge is 0.480 e. The van der Waals surface area contributed by atoms with Crippen LogP contribution < -0.4 is 4.74 Å². The summed E-state index contributed by atoms with van der Waals surface area (Å²) in [5, 5.41) is 0. The number of aryl methyl sites for hydroxylation is 1. The molecule has 0 fully saturated rings. The third-order valence-electron chi connectivity index (χ3n) is 1.26. The zero-order valence-corrected chi connectivity index (χ0v) is 6.16. The van der Waals surface area contributed by atoms with E-state index in [4.69, 9.17) is 4.74 Å². The van der Waals surface area contributed by atoms with Crippen LogP contribution in [-0.4, -0.2) is 17.1 Å². The number of aromatic nitrogens is 2. The minimum absolute atomic E-state index is 0.630. The van der Waals surface area contributed by atoms with E-state index in [9.17, 15) is 0 Å². The number of ether oxygens (including phenoxy) is 1. The molecule has 1 aromatic heterocycles. The fraction of sp³-hybridized carbons (Fsp3) is 0.429. The second-order valence-electron chi connectivity index (χ2n) is 1.87. The van der Waals surface area contributed by atoms with E-state index < -0.39 is 0 Å². The highest BCUT2D eigenvalue weighted by Gasteiger charge is 1.99. The molecule has 1 rings (SSSR count). The predicted octanol–water partition coefficient (Wildman–Crippen LogP) is 1.05. The smallest absolute Gasteiger partial charge is 0.235 e. The van der Waals surface area contributed by atoms with Crippen LogP contribution in [0.4, 0.5) is 0 Å². The fourth-order valence-electron chi connectivity index (χ4n) is 0.767. The van der Waals surface area contributed by atoms with E-state index in [0.717, 1.165) is 12.1 Å². The van der Waals surface area contributed by atoms with E-state index in [-0.39, 0.29) is 0 Å². The molecule has 1 heterocycles. The van der Waals surface area contributed by atoms with Gasteiger partial charge in [-0.05, 0) is 6.42 Å². The van der Waals surface area contributed by atoms with Gasteiger partial charge in [-0.25, -0.2) is 4.98 Å². The summed E-state index contributed by atoms with van der Waals surface area (Å²) in [5.41, 5.74) is 0.907. The number of rotatable bonds is 2. The summed E-state index contributed by atoms with van der Waals surface area (Å²) < 4.78 is 4.96. The van der Waals surface area contributed by atoms with Crippen LogP contribution in [0.25, 0.3) is 0 Å². The number of hydrogen-bond donors (Lipinski definition) is 0. The van der Waals surface area contributed by atoms with Crippen molar-refractivity contribution in [3.8, 4) is 5.88 Å². The fourth-order valence-corrected chi connectivity index (χ4v) is 0.767. The van der Waals surface area contributed by atoms with Crippen molar-refractivity contribution in [2.75, 3.05) is 7.11 Å². The summed E-state index contributed by atoms with van der Waals surface area (Å²) in [5.74, 6) is 0.630. The first kappa shape index (κ1) is 6.99. The highest BCUT2D eigenvalue weighted by atomic mass is 16.5. The van der Waals surface area contributed by atoms with Gasteiger partial charge in [0.05, 0.1) is 7.11 Å². The molecule has 10 heavy (non-hydrogen) atoms. The molecule has 0 amide bonds. The maximum absolute atomic E-state index is 4.96. The summed E-state index contributed by atoms with van der Waals surface area (Å²) in [6.07, 6.45) is 4.15. The summed E-state index contributed by atoms with van der Waals surface area (Å²) in [4.78, 5) is 8.06. The zero-order valence-electron chi connectivity index (χ0n) is 6.16. The average Bonchev–Trinajstić information content (AvgIpc) is 2.04. The summed E-state index contributed by atoms with van der Waals surface area (Å²) >= 11 is 0. The number of hydrogen-bond acceptors (Lipinski definition) is 3. The molecule has 0 saturated carbocycles. The summed E-state index contributed by atoms with van der Waals surface area (Å²) in [7, 11) is 1.60. The molecule has 0 aliphatic heterocycles. The van der Waals surface area contributed by atoms with Crippen LogP contribution in [0.15, 0.2) is 12.4 Å². The first-order valence-corrected chi connectivity index (χ1v) is 3.22. The van der Waals surface area contributed by atoms with Crippen LogP contribution in [0, 0.1) is 0 Å². The van der Waals surface area contributed by atoms with Crippen LogP contribution >= 0.6 is 0 Å². The number of nitrogens with zero attached hydrogens (tertiary/aromatic N) is 2. The Kier molecular flexibility index (Phi) is 2.20. The first-order valence-electron chi connectivity index (χ1n) is 3.22. The van der Waals surface area contributed by atoms with Gasteiger partial charge in [0, 0.05) is 12.4 Å². The molecular weight excluding hydrogens is 128 g/mol. The molecule has 1 aromatic rings. The Labute approximate surface area is 60.1 Å². The Morgan fingerprint density at radius 1 is 1.40 bits per heavy atom.